The number of nitriles is 1. The molecule has 6 nitrogen and oxygen atoms in total. The third kappa shape index (κ3) is 5.79. The van der Waals surface area contributed by atoms with E-state index in [1.165, 1.54) is 19.2 Å². The average Bonchev–Trinajstić information content (AvgIpc) is 2.94. The van der Waals surface area contributed by atoms with Gasteiger partial charge in [0.05, 0.1) is 43.4 Å². The predicted molar refractivity (Wildman–Crippen MR) is 141 cm³/mol. The Morgan fingerprint density at radius 3 is 2.82 bits per heavy atom. The molecular weight excluding hydrogens is 488 g/mol. The minimum atomic E-state index is -2.60. The number of methoxy groups -OCH3 is 1. The number of fused-ring (bicyclic) bond motifs is 1. The zero-order valence-electron chi connectivity index (χ0n) is 21.1. The van der Waals surface area contributed by atoms with E-state index in [0.29, 0.717) is 46.7 Å². The molecule has 2 aromatic carbocycles. The Morgan fingerprint density at radius 1 is 1.29 bits per heavy atom. The quantitative estimate of drug-likeness (QED) is 0.504. The molecule has 0 aliphatic carbocycles. The highest BCUT2D eigenvalue weighted by atomic mass is 19.3. The van der Waals surface area contributed by atoms with Crippen LogP contribution in [-0.4, -0.2) is 31.2 Å². The monoisotopic (exact) mass is 515 g/mol. The molecule has 38 heavy (non-hydrogen) atoms. The number of nitrogens with one attached hydrogen (secondary N) is 1. The fourth-order valence-corrected chi connectivity index (χ4v) is 4.27. The van der Waals surface area contributed by atoms with Crippen LogP contribution < -0.4 is 20.6 Å². The van der Waals surface area contributed by atoms with E-state index >= 15 is 0 Å². The Hall–Kier alpha value is -4.35. The number of carbonyl (C=O) groups is 1. The van der Waals surface area contributed by atoms with Crippen molar-refractivity contribution in [1.82, 2.24) is 10.3 Å². The van der Waals surface area contributed by atoms with Gasteiger partial charge < -0.3 is 14.8 Å². The van der Waals surface area contributed by atoms with Crippen molar-refractivity contribution in [2.75, 3.05) is 20.3 Å². The van der Waals surface area contributed by atoms with Crippen LogP contribution in [0.15, 0.2) is 60.7 Å². The lowest BCUT2D eigenvalue weighted by Crippen LogP contribution is -2.30. The summed E-state index contributed by atoms with van der Waals surface area (Å²) in [5, 5.41) is 13.7. The maximum atomic E-state index is 13.1. The highest BCUT2D eigenvalue weighted by Crippen LogP contribution is 2.32. The van der Waals surface area contributed by atoms with Crippen molar-refractivity contribution in [3.05, 3.63) is 93.5 Å². The van der Waals surface area contributed by atoms with E-state index in [1.54, 1.807) is 30.3 Å². The first-order chi connectivity index (χ1) is 18.3. The Bertz CT molecular complexity index is 1540. The molecular formula is C30H27F2N3O3. The first kappa shape index (κ1) is 26.7. The van der Waals surface area contributed by atoms with Crippen LogP contribution in [-0.2, 0) is 11.3 Å². The van der Waals surface area contributed by atoms with Crippen LogP contribution in [0.1, 0.15) is 46.3 Å². The second-order valence-corrected chi connectivity index (χ2v) is 8.82. The Morgan fingerprint density at radius 2 is 2.11 bits per heavy atom. The van der Waals surface area contributed by atoms with E-state index in [0.717, 1.165) is 16.3 Å². The fourth-order valence-electron chi connectivity index (χ4n) is 4.27. The minimum absolute atomic E-state index is 0.129. The van der Waals surface area contributed by atoms with Gasteiger partial charge in [0.2, 0.25) is 0 Å². The average molecular weight is 516 g/mol. The third-order valence-electron chi connectivity index (χ3n) is 6.32. The molecule has 0 bridgehead atoms. The molecule has 194 valence electrons. The normalized spacial score (nSPS) is 15.6. The molecule has 1 unspecified atom stereocenters. The van der Waals surface area contributed by atoms with Crippen LogP contribution in [0.3, 0.4) is 0 Å². The number of alkyl halides is 2. The summed E-state index contributed by atoms with van der Waals surface area (Å²) < 4.78 is 37.0. The van der Waals surface area contributed by atoms with Crippen molar-refractivity contribution in [3.63, 3.8) is 0 Å². The van der Waals surface area contributed by atoms with Crippen molar-refractivity contribution >= 4 is 18.1 Å². The Kier molecular flexibility index (Phi) is 8.29. The molecule has 0 saturated carbocycles. The van der Waals surface area contributed by atoms with E-state index in [1.807, 2.05) is 25.1 Å². The van der Waals surface area contributed by atoms with Gasteiger partial charge in [-0.25, -0.2) is 13.8 Å². The molecule has 1 amide bonds. The molecule has 0 saturated heterocycles. The molecule has 1 aliphatic rings. The third-order valence-corrected chi connectivity index (χ3v) is 6.32. The van der Waals surface area contributed by atoms with Crippen molar-refractivity contribution < 1.29 is 23.0 Å². The molecule has 0 spiro atoms. The summed E-state index contributed by atoms with van der Waals surface area (Å²) >= 11 is 0. The van der Waals surface area contributed by atoms with Crippen LogP contribution in [0.25, 0.3) is 23.4 Å². The molecule has 1 atom stereocenters. The molecule has 0 fully saturated rings. The highest BCUT2D eigenvalue weighted by molar-refractivity contribution is 5.94. The lowest BCUT2D eigenvalue weighted by atomic mass is 9.92. The Labute approximate surface area is 219 Å². The van der Waals surface area contributed by atoms with E-state index in [4.69, 9.17) is 14.5 Å². The number of carbonyl (C=O) groups excluding carboxylic acids is 1. The summed E-state index contributed by atoms with van der Waals surface area (Å²) in [5.41, 5.74) is 3.82. The Balaban J connectivity index is 1.55. The van der Waals surface area contributed by atoms with Gasteiger partial charge >= 0.3 is 0 Å². The van der Waals surface area contributed by atoms with E-state index in [-0.39, 0.29) is 18.0 Å². The minimum Gasteiger partial charge on any atom is -0.496 e. The number of amides is 1. The number of ether oxygens (including phenoxy) is 2. The van der Waals surface area contributed by atoms with Crippen molar-refractivity contribution in [3.8, 4) is 23.1 Å². The second kappa shape index (κ2) is 11.8. The van der Waals surface area contributed by atoms with Gasteiger partial charge in [-0.15, -0.1) is 0 Å². The number of rotatable bonds is 7. The number of pyridine rings is 1. The van der Waals surface area contributed by atoms with Gasteiger partial charge in [0.1, 0.15) is 5.75 Å². The summed E-state index contributed by atoms with van der Waals surface area (Å²) in [6.45, 7) is 6.86. The summed E-state index contributed by atoms with van der Waals surface area (Å²) in [4.78, 5) is 17.5. The summed E-state index contributed by atoms with van der Waals surface area (Å²) in [7, 11) is 1.43. The second-order valence-electron chi connectivity index (χ2n) is 8.82. The predicted octanol–water partition coefficient (Wildman–Crippen LogP) is 4.40. The molecule has 2 heterocycles. The topological polar surface area (TPSA) is 84.2 Å². The number of aromatic nitrogens is 1. The van der Waals surface area contributed by atoms with E-state index in [9.17, 15) is 18.8 Å². The SMILES string of the molecule is C=C(/C=c1/nc(-c2ccc(C(F)F)cc2OC)cc/c1=C/C)CNC(=O)c1ccc2c(c1)C(C#N)COC2. The van der Waals surface area contributed by atoms with Gasteiger partial charge in [-0.3, -0.25) is 4.79 Å². The molecule has 1 N–H and O–H groups in total. The zero-order valence-corrected chi connectivity index (χ0v) is 21.1. The van der Waals surface area contributed by atoms with E-state index < -0.39 is 12.3 Å². The van der Waals surface area contributed by atoms with Crippen molar-refractivity contribution in [2.24, 2.45) is 0 Å². The van der Waals surface area contributed by atoms with Crippen LogP contribution in [0.5, 0.6) is 5.75 Å². The summed E-state index contributed by atoms with van der Waals surface area (Å²) in [6.07, 6.45) is 1.07. The first-order valence-corrected chi connectivity index (χ1v) is 12.0. The van der Waals surface area contributed by atoms with Crippen LogP contribution in [0.4, 0.5) is 8.78 Å². The van der Waals surface area contributed by atoms with Gasteiger partial charge in [0.25, 0.3) is 12.3 Å². The van der Waals surface area contributed by atoms with Crippen molar-refractivity contribution in [1.29, 1.82) is 5.26 Å². The molecule has 4 rings (SSSR count). The lowest BCUT2D eigenvalue weighted by Gasteiger charge is -2.21. The summed E-state index contributed by atoms with van der Waals surface area (Å²) in [5.74, 6) is -0.378. The molecule has 1 aromatic heterocycles. The number of nitrogens with zero attached hydrogens (tertiary/aromatic N) is 2. The number of halogens is 2. The fraction of sp³-hybridized carbons (Fsp3) is 0.233. The van der Waals surface area contributed by atoms with Gasteiger partial charge in [0.15, 0.2) is 0 Å². The zero-order chi connectivity index (χ0) is 27.2. The molecule has 3 aromatic rings. The standard InChI is InChI=1S/C30H27F2N3O3/c1-4-19-8-10-26(24-9-7-20(29(31)32)13-28(24)37-3)35-27(19)11-18(2)15-34-30(36)21-5-6-22-16-38-17-23(14-33)25(22)12-21/h4-13,23,29H,2,15-17H2,1,3H3,(H,34,36)/b19-4-,27-11+. The lowest BCUT2D eigenvalue weighted by molar-refractivity contribution is 0.0952. The van der Waals surface area contributed by atoms with Gasteiger partial charge in [-0.05, 0) is 65.3 Å². The van der Waals surface area contributed by atoms with Crippen LogP contribution in [0.2, 0.25) is 0 Å². The number of hydrogen-bond acceptors (Lipinski definition) is 5. The number of hydrogen-bond donors (Lipinski definition) is 1. The van der Waals surface area contributed by atoms with Gasteiger partial charge in [0, 0.05) is 23.2 Å². The maximum absolute atomic E-state index is 13.1. The number of benzene rings is 2. The molecule has 8 heteroatoms. The van der Waals surface area contributed by atoms with Crippen LogP contribution >= 0.6 is 0 Å². The largest absolute Gasteiger partial charge is 0.496 e. The van der Waals surface area contributed by atoms with Gasteiger partial charge in [-0.2, -0.15) is 5.26 Å². The highest BCUT2D eigenvalue weighted by Gasteiger charge is 2.22. The van der Waals surface area contributed by atoms with Gasteiger partial charge in [-0.1, -0.05) is 30.9 Å². The molecule has 1 aliphatic heterocycles. The summed E-state index contributed by atoms with van der Waals surface area (Å²) in [6, 6.07) is 15.4. The first-order valence-electron chi connectivity index (χ1n) is 12.0. The van der Waals surface area contributed by atoms with Crippen molar-refractivity contribution in [2.45, 2.75) is 25.9 Å². The van der Waals surface area contributed by atoms with Crippen LogP contribution in [0, 0.1) is 11.3 Å². The smallest absolute Gasteiger partial charge is 0.263 e. The van der Waals surface area contributed by atoms with E-state index in [2.05, 4.69) is 18.0 Å². The molecule has 0 radical (unpaired) electrons. The maximum Gasteiger partial charge on any atom is 0.263 e.